The van der Waals surface area contributed by atoms with E-state index >= 15 is 0 Å². The van der Waals surface area contributed by atoms with Crippen molar-refractivity contribution in [3.8, 4) is 5.75 Å². The number of hydrogen-bond acceptors (Lipinski definition) is 2. The van der Waals surface area contributed by atoms with E-state index in [4.69, 9.17) is 4.74 Å². The monoisotopic (exact) mass is 318 g/mol. The third-order valence-corrected chi connectivity index (χ3v) is 4.06. The molecule has 0 amide bonds. The fraction of sp³-hybridized carbons (Fsp3) is 0.667. The van der Waals surface area contributed by atoms with Gasteiger partial charge in [-0.2, -0.15) is 0 Å². The van der Waals surface area contributed by atoms with Crippen LogP contribution in [0.1, 0.15) is 78.4 Å². The Kier molecular flexibility index (Phi) is 7.81. The summed E-state index contributed by atoms with van der Waals surface area (Å²) in [5, 5.41) is 0. The highest BCUT2D eigenvalue weighted by Gasteiger charge is 2.18. The lowest BCUT2D eigenvalue weighted by atomic mass is 9.84. The molecule has 0 N–H and O–H groups in total. The van der Waals surface area contributed by atoms with Crippen molar-refractivity contribution < 1.29 is 9.53 Å². The van der Waals surface area contributed by atoms with E-state index in [1.807, 2.05) is 0 Å². The minimum atomic E-state index is 0.124. The smallest absolute Gasteiger partial charge is 0.133 e. The Balaban J connectivity index is 2.92. The van der Waals surface area contributed by atoms with Crippen LogP contribution in [0.15, 0.2) is 18.2 Å². The SMILES string of the molecule is CCCOc1ccc(C(C)(C)C)cc1CC(C)CC(=O)CCC. The molecule has 1 aromatic carbocycles. The van der Waals surface area contributed by atoms with E-state index in [2.05, 4.69) is 59.7 Å². The maximum Gasteiger partial charge on any atom is 0.133 e. The molecule has 23 heavy (non-hydrogen) atoms. The zero-order chi connectivity index (χ0) is 17.5. The van der Waals surface area contributed by atoms with Crippen LogP contribution in [0, 0.1) is 5.92 Å². The van der Waals surface area contributed by atoms with E-state index in [1.165, 1.54) is 11.1 Å². The van der Waals surface area contributed by atoms with Crippen molar-refractivity contribution in [2.24, 2.45) is 5.92 Å². The van der Waals surface area contributed by atoms with Gasteiger partial charge in [0.15, 0.2) is 0 Å². The number of ether oxygens (including phenoxy) is 1. The zero-order valence-electron chi connectivity index (χ0n) is 15.9. The molecule has 1 unspecified atom stereocenters. The van der Waals surface area contributed by atoms with Crippen molar-refractivity contribution in [2.45, 2.75) is 79.1 Å². The standard InChI is InChI=1S/C21H34O2/c1-7-9-19(22)14-16(3)13-17-15-18(21(4,5)6)10-11-20(17)23-12-8-2/h10-11,15-16H,7-9,12-14H2,1-6H3. The highest BCUT2D eigenvalue weighted by atomic mass is 16.5. The fourth-order valence-corrected chi connectivity index (χ4v) is 2.78. The van der Waals surface area contributed by atoms with Gasteiger partial charge in [0.05, 0.1) is 6.61 Å². The third-order valence-electron chi connectivity index (χ3n) is 4.06. The number of carbonyl (C=O) groups excluding carboxylic acids is 1. The number of Topliss-reactive ketones (excluding diaryl/α,β-unsaturated/α-hetero) is 1. The zero-order valence-corrected chi connectivity index (χ0v) is 15.9. The second kappa shape index (κ2) is 9.10. The van der Waals surface area contributed by atoms with E-state index in [1.54, 1.807) is 0 Å². The molecule has 1 aromatic rings. The van der Waals surface area contributed by atoms with Crippen molar-refractivity contribution in [3.63, 3.8) is 0 Å². The average molecular weight is 319 g/mol. The Labute approximate surface area is 142 Å². The van der Waals surface area contributed by atoms with Gasteiger partial charge in [-0.1, -0.05) is 53.7 Å². The molecule has 0 aliphatic carbocycles. The molecule has 0 aromatic heterocycles. The third kappa shape index (κ3) is 6.76. The Bertz CT molecular complexity index is 497. The molecule has 0 heterocycles. The lowest BCUT2D eigenvalue weighted by molar-refractivity contribution is -0.119. The summed E-state index contributed by atoms with van der Waals surface area (Å²) in [5.74, 6) is 1.71. The lowest BCUT2D eigenvalue weighted by Crippen LogP contribution is -2.14. The summed E-state index contributed by atoms with van der Waals surface area (Å²) in [7, 11) is 0. The molecule has 1 atom stereocenters. The first kappa shape index (κ1) is 19.7. The molecule has 0 spiro atoms. The molecule has 0 saturated carbocycles. The largest absolute Gasteiger partial charge is 0.493 e. The molecule has 0 radical (unpaired) electrons. The van der Waals surface area contributed by atoms with Gasteiger partial charge < -0.3 is 4.74 Å². The van der Waals surface area contributed by atoms with Crippen LogP contribution in [0.4, 0.5) is 0 Å². The molecule has 0 saturated heterocycles. The maximum atomic E-state index is 11.9. The van der Waals surface area contributed by atoms with E-state index in [9.17, 15) is 4.79 Å². The Hall–Kier alpha value is -1.31. The van der Waals surface area contributed by atoms with E-state index in [0.717, 1.165) is 31.6 Å². The normalized spacial score (nSPS) is 13.0. The molecular formula is C21H34O2. The van der Waals surface area contributed by atoms with Crippen molar-refractivity contribution in [3.05, 3.63) is 29.3 Å². The summed E-state index contributed by atoms with van der Waals surface area (Å²) >= 11 is 0. The highest BCUT2D eigenvalue weighted by molar-refractivity contribution is 5.78. The van der Waals surface area contributed by atoms with Crippen LogP contribution in [-0.2, 0) is 16.6 Å². The van der Waals surface area contributed by atoms with Crippen LogP contribution >= 0.6 is 0 Å². The Morgan fingerprint density at radius 2 is 1.87 bits per heavy atom. The van der Waals surface area contributed by atoms with Gasteiger partial charge in [0, 0.05) is 12.8 Å². The minimum absolute atomic E-state index is 0.124. The van der Waals surface area contributed by atoms with Crippen molar-refractivity contribution in [1.29, 1.82) is 0 Å². The number of carbonyl (C=O) groups is 1. The fourth-order valence-electron chi connectivity index (χ4n) is 2.78. The van der Waals surface area contributed by atoms with Gasteiger partial charge in [0.2, 0.25) is 0 Å². The molecule has 2 nitrogen and oxygen atoms in total. The molecule has 1 rings (SSSR count). The molecule has 0 aliphatic rings. The van der Waals surface area contributed by atoms with E-state index < -0.39 is 0 Å². The van der Waals surface area contributed by atoms with Crippen molar-refractivity contribution in [2.75, 3.05) is 6.61 Å². The lowest BCUT2D eigenvalue weighted by Gasteiger charge is -2.22. The number of hydrogen-bond donors (Lipinski definition) is 0. The predicted octanol–water partition coefficient (Wildman–Crippen LogP) is 5.71. The number of benzene rings is 1. The summed E-state index contributed by atoms with van der Waals surface area (Å²) in [6.07, 6.45) is 4.21. The topological polar surface area (TPSA) is 26.3 Å². The summed E-state index contributed by atoms with van der Waals surface area (Å²) in [5.41, 5.74) is 2.69. The van der Waals surface area contributed by atoms with E-state index in [-0.39, 0.29) is 5.41 Å². The second-order valence-corrected chi connectivity index (χ2v) is 7.72. The number of ketones is 1. The second-order valence-electron chi connectivity index (χ2n) is 7.72. The summed E-state index contributed by atoms with van der Waals surface area (Å²) in [6.45, 7) is 13.8. The molecule has 130 valence electrons. The van der Waals surface area contributed by atoms with Crippen LogP contribution in [0.2, 0.25) is 0 Å². The quantitative estimate of drug-likeness (QED) is 0.583. The van der Waals surface area contributed by atoms with Gasteiger partial charge in [-0.25, -0.2) is 0 Å². The molecule has 0 fully saturated rings. The van der Waals surface area contributed by atoms with E-state index in [0.29, 0.717) is 24.5 Å². The van der Waals surface area contributed by atoms with Crippen LogP contribution in [-0.4, -0.2) is 12.4 Å². The van der Waals surface area contributed by atoms with Crippen LogP contribution in [0.5, 0.6) is 5.75 Å². The average Bonchev–Trinajstić information content (AvgIpc) is 2.44. The van der Waals surface area contributed by atoms with Gasteiger partial charge in [0.1, 0.15) is 11.5 Å². The van der Waals surface area contributed by atoms with Gasteiger partial charge in [-0.3, -0.25) is 4.79 Å². The molecule has 0 bridgehead atoms. The summed E-state index contributed by atoms with van der Waals surface area (Å²) in [4.78, 5) is 11.9. The van der Waals surface area contributed by atoms with Gasteiger partial charge in [-0.05, 0) is 47.8 Å². The first-order valence-corrected chi connectivity index (χ1v) is 9.05. The molecular weight excluding hydrogens is 284 g/mol. The predicted molar refractivity (Wildman–Crippen MR) is 98.3 cm³/mol. The van der Waals surface area contributed by atoms with Crippen molar-refractivity contribution in [1.82, 2.24) is 0 Å². The molecule has 2 heteroatoms. The maximum absolute atomic E-state index is 11.9. The van der Waals surface area contributed by atoms with Crippen LogP contribution < -0.4 is 4.74 Å². The Morgan fingerprint density at radius 1 is 1.17 bits per heavy atom. The van der Waals surface area contributed by atoms with Gasteiger partial charge in [-0.15, -0.1) is 0 Å². The summed E-state index contributed by atoms with van der Waals surface area (Å²) in [6, 6.07) is 6.54. The molecule has 0 aliphatic heterocycles. The minimum Gasteiger partial charge on any atom is -0.493 e. The first-order valence-electron chi connectivity index (χ1n) is 9.05. The van der Waals surface area contributed by atoms with Crippen molar-refractivity contribution >= 4 is 5.78 Å². The first-order chi connectivity index (χ1) is 10.8. The summed E-state index contributed by atoms with van der Waals surface area (Å²) < 4.78 is 5.92. The number of rotatable bonds is 9. The van der Waals surface area contributed by atoms with Gasteiger partial charge in [0.25, 0.3) is 0 Å². The highest BCUT2D eigenvalue weighted by Crippen LogP contribution is 2.30. The van der Waals surface area contributed by atoms with Gasteiger partial charge >= 0.3 is 0 Å². The van der Waals surface area contributed by atoms with Crippen LogP contribution in [0.3, 0.4) is 0 Å². The Morgan fingerprint density at radius 3 is 2.43 bits per heavy atom. The van der Waals surface area contributed by atoms with Crippen LogP contribution in [0.25, 0.3) is 0 Å².